The van der Waals surface area contributed by atoms with E-state index in [2.05, 4.69) is 46.9 Å². The highest BCUT2D eigenvalue weighted by molar-refractivity contribution is 9.10. The molecule has 1 saturated heterocycles. The summed E-state index contributed by atoms with van der Waals surface area (Å²) < 4.78 is 14.1. The van der Waals surface area contributed by atoms with E-state index in [1.54, 1.807) is 6.07 Å². The van der Waals surface area contributed by atoms with Crippen LogP contribution >= 0.6 is 15.9 Å². The van der Waals surface area contributed by atoms with Crippen molar-refractivity contribution in [2.24, 2.45) is 5.92 Å². The van der Waals surface area contributed by atoms with Crippen molar-refractivity contribution in [1.82, 2.24) is 5.32 Å². The monoisotopic (exact) mass is 342 g/mol. The first-order valence-electron chi connectivity index (χ1n) is 7.41. The Morgan fingerprint density at radius 3 is 2.75 bits per heavy atom. The van der Waals surface area contributed by atoms with E-state index in [0.29, 0.717) is 22.5 Å². The van der Waals surface area contributed by atoms with Gasteiger partial charge in [0.1, 0.15) is 5.82 Å². The third kappa shape index (κ3) is 3.01. The standard InChI is InChI=1S/C16H24BrFN2/c1-5-19-15-6-7-20(12(4)11(15)3)16-9-13(17)14(18)8-10(16)2/h8-9,11-12,15,19H,5-7H2,1-4H3. The van der Waals surface area contributed by atoms with Gasteiger partial charge in [0.25, 0.3) is 0 Å². The molecule has 0 spiro atoms. The van der Waals surface area contributed by atoms with E-state index >= 15 is 0 Å². The summed E-state index contributed by atoms with van der Waals surface area (Å²) >= 11 is 3.30. The Morgan fingerprint density at radius 1 is 1.40 bits per heavy atom. The third-order valence-corrected chi connectivity index (χ3v) is 5.19. The van der Waals surface area contributed by atoms with Crippen LogP contribution in [0.4, 0.5) is 10.1 Å². The van der Waals surface area contributed by atoms with Gasteiger partial charge >= 0.3 is 0 Å². The van der Waals surface area contributed by atoms with Crippen LogP contribution in [0.5, 0.6) is 0 Å². The Labute approximate surface area is 129 Å². The van der Waals surface area contributed by atoms with Crippen LogP contribution in [0.2, 0.25) is 0 Å². The van der Waals surface area contributed by atoms with Crippen LogP contribution in [-0.4, -0.2) is 25.2 Å². The lowest BCUT2D eigenvalue weighted by Gasteiger charge is -2.45. The molecule has 4 heteroatoms. The van der Waals surface area contributed by atoms with Gasteiger partial charge in [0.05, 0.1) is 4.47 Å². The predicted molar refractivity (Wildman–Crippen MR) is 86.9 cm³/mol. The van der Waals surface area contributed by atoms with Crippen LogP contribution < -0.4 is 10.2 Å². The summed E-state index contributed by atoms with van der Waals surface area (Å²) in [5, 5.41) is 3.58. The second-order valence-corrected chi connectivity index (χ2v) is 6.65. The number of hydrogen-bond acceptors (Lipinski definition) is 2. The molecule has 1 aromatic rings. The van der Waals surface area contributed by atoms with Crippen molar-refractivity contribution in [1.29, 1.82) is 0 Å². The number of hydrogen-bond donors (Lipinski definition) is 1. The zero-order valence-corrected chi connectivity index (χ0v) is 14.3. The van der Waals surface area contributed by atoms with E-state index in [-0.39, 0.29) is 5.82 Å². The first kappa shape index (κ1) is 15.8. The van der Waals surface area contributed by atoms with Crippen molar-refractivity contribution < 1.29 is 4.39 Å². The van der Waals surface area contributed by atoms with Gasteiger partial charge in [-0.05, 0) is 66.4 Å². The molecule has 1 aromatic carbocycles. The van der Waals surface area contributed by atoms with Gasteiger partial charge in [-0.3, -0.25) is 0 Å². The molecule has 112 valence electrons. The molecule has 3 atom stereocenters. The number of piperidine rings is 1. The fourth-order valence-electron chi connectivity index (χ4n) is 3.20. The molecule has 0 amide bonds. The molecule has 2 rings (SSSR count). The van der Waals surface area contributed by atoms with Crippen molar-refractivity contribution in [2.45, 2.75) is 46.2 Å². The molecule has 1 aliphatic heterocycles. The van der Waals surface area contributed by atoms with Gasteiger partial charge in [-0.1, -0.05) is 13.8 Å². The zero-order chi connectivity index (χ0) is 14.9. The SMILES string of the molecule is CCNC1CCN(c2cc(Br)c(F)cc2C)C(C)C1C. The maximum atomic E-state index is 13.6. The second kappa shape index (κ2) is 6.44. The van der Waals surface area contributed by atoms with Crippen molar-refractivity contribution in [3.63, 3.8) is 0 Å². The van der Waals surface area contributed by atoms with Gasteiger partial charge in [0.15, 0.2) is 0 Å². The second-order valence-electron chi connectivity index (χ2n) is 5.80. The van der Waals surface area contributed by atoms with Gasteiger partial charge in [0, 0.05) is 24.3 Å². The molecule has 1 aliphatic rings. The van der Waals surface area contributed by atoms with Gasteiger partial charge in [0.2, 0.25) is 0 Å². The summed E-state index contributed by atoms with van der Waals surface area (Å²) in [6.45, 7) is 10.7. The molecule has 1 N–H and O–H groups in total. The third-order valence-electron chi connectivity index (χ3n) is 4.58. The highest BCUT2D eigenvalue weighted by Gasteiger charge is 2.32. The Kier molecular flexibility index (Phi) is 5.08. The normalized spacial score (nSPS) is 26.9. The summed E-state index contributed by atoms with van der Waals surface area (Å²) in [7, 11) is 0. The average Bonchev–Trinajstić information content (AvgIpc) is 2.40. The van der Waals surface area contributed by atoms with Gasteiger partial charge < -0.3 is 10.2 Å². The van der Waals surface area contributed by atoms with Crippen molar-refractivity contribution >= 4 is 21.6 Å². The molecule has 1 heterocycles. The summed E-state index contributed by atoms with van der Waals surface area (Å²) in [6.07, 6.45) is 1.13. The van der Waals surface area contributed by atoms with E-state index < -0.39 is 0 Å². The van der Waals surface area contributed by atoms with E-state index in [1.807, 2.05) is 13.0 Å². The lowest BCUT2D eigenvalue weighted by molar-refractivity contribution is 0.274. The first-order valence-corrected chi connectivity index (χ1v) is 8.20. The minimum atomic E-state index is -0.186. The Morgan fingerprint density at radius 2 is 2.10 bits per heavy atom. The largest absolute Gasteiger partial charge is 0.368 e. The first-order chi connectivity index (χ1) is 9.45. The molecule has 0 aromatic heterocycles. The van der Waals surface area contributed by atoms with Gasteiger partial charge in [-0.25, -0.2) is 4.39 Å². The summed E-state index contributed by atoms with van der Waals surface area (Å²) in [6, 6.07) is 4.56. The van der Waals surface area contributed by atoms with Crippen LogP contribution in [0.25, 0.3) is 0 Å². The minimum absolute atomic E-state index is 0.186. The lowest BCUT2D eigenvalue weighted by Crippen LogP contribution is -2.53. The minimum Gasteiger partial charge on any atom is -0.368 e. The maximum Gasteiger partial charge on any atom is 0.137 e. The van der Waals surface area contributed by atoms with Crippen molar-refractivity contribution in [3.05, 3.63) is 28.0 Å². The Balaban J connectivity index is 2.24. The summed E-state index contributed by atoms with van der Waals surface area (Å²) in [4.78, 5) is 2.41. The average molecular weight is 343 g/mol. The smallest absolute Gasteiger partial charge is 0.137 e. The van der Waals surface area contributed by atoms with Gasteiger partial charge in [-0.15, -0.1) is 0 Å². The fourth-order valence-corrected chi connectivity index (χ4v) is 3.53. The molecule has 3 unspecified atom stereocenters. The molecule has 0 bridgehead atoms. The van der Waals surface area contributed by atoms with E-state index in [4.69, 9.17) is 0 Å². The Hall–Kier alpha value is -0.610. The topological polar surface area (TPSA) is 15.3 Å². The molecule has 20 heavy (non-hydrogen) atoms. The molecule has 0 radical (unpaired) electrons. The zero-order valence-electron chi connectivity index (χ0n) is 12.7. The van der Waals surface area contributed by atoms with Crippen LogP contribution in [0.3, 0.4) is 0 Å². The lowest BCUT2D eigenvalue weighted by atomic mass is 9.86. The Bertz CT molecular complexity index is 478. The van der Waals surface area contributed by atoms with Crippen molar-refractivity contribution in [3.8, 4) is 0 Å². The van der Waals surface area contributed by atoms with Crippen LogP contribution in [0.15, 0.2) is 16.6 Å². The number of aryl methyl sites for hydroxylation is 1. The number of rotatable bonds is 3. The van der Waals surface area contributed by atoms with Crippen LogP contribution in [0, 0.1) is 18.7 Å². The maximum absolute atomic E-state index is 13.6. The highest BCUT2D eigenvalue weighted by Crippen LogP contribution is 2.33. The molecule has 1 fully saturated rings. The molecular formula is C16H24BrFN2. The van der Waals surface area contributed by atoms with Gasteiger partial charge in [-0.2, -0.15) is 0 Å². The molecule has 0 aliphatic carbocycles. The van der Waals surface area contributed by atoms with Crippen molar-refractivity contribution in [2.75, 3.05) is 18.0 Å². The van der Waals surface area contributed by atoms with E-state index in [9.17, 15) is 4.39 Å². The summed E-state index contributed by atoms with van der Waals surface area (Å²) in [5.41, 5.74) is 2.15. The number of anilines is 1. The summed E-state index contributed by atoms with van der Waals surface area (Å²) in [5.74, 6) is 0.390. The molecular weight excluding hydrogens is 319 g/mol. The predicted octanol–water partition coefficient (Wildman–Crippen LogP) is 4.11. The fraction of sp³-hybridized carbons (Fsp3) is 0.625. The number of nitrogens with zero attached hydrogens (tertiary/aromatic N) is 1. The quantitative estimate of drug-likeness (QED) is 0.889. The number of nitrogens with one attached hydrogen (secondary N) is 1. The van der Waals surface area contributed by atoms with E-state index in [0.717, 1.165) is 30.8 Å². The number of benzene rings is 1. The van der Waals surface area contributed by atoms with E-state index in [1.165, 1.54) is 0 Å². The molecule has 0 saturated carbocycles. The highest BCUT2D eigenvalue weighted by atomic mass is 79.9. The molecule has 2 nitrogen and oxygen atoms in total. The van der Waals surface area contributed by atoms with Crippen LogP contribution in [-0.2, 0) is 0 Å². The number of halogens is 2. The van der Waals surface area contributed by atoms with Crippen LogP contribution in [0.1, 0.15) is 32.8 Å².